The van der Waals surface area contributed by atoms with Gasteiger partial charge in [-0.3, -0.25) is 10.6 Å². The van der Waals surface area contributed by atoms with E-state index in [-0.39, 0.29) is 11.9 Å². The second-order valence-corrected chi connectivity index (χ2v) is 5.19. The number of rotatable bonds is 2. The molecule has 0 bridgehead atoms. The van der Waals surface area contributed by atoms with Crippen LogP contribution < -0.4 is 11.3 Å². The van der Waals surface area contributed by atoms with Crippen molar-refractivity contribution in [1.29, 1.82) is 0 Å². The number of amides is 1. The Morgan fingerprint density at radius 2 is 2.00 bits per heavy atom. The van der Waals surface area contributed by atoms with Crippen LogP contribution >= 0.6 is 0 Å². The van der Waals surface area contributed by atoms with Crippen molar-refractivity contribution < 1.29 is 4.79 Å². The third-order valence-electron chi connectivity index (χ3n) is 3.61. The van der Waals surface area contributed by atoms with Crippen LogP contribution in [0.25, 0.3) is 0 Å². The third kappa shape index (κ3) is 3.24. The van der Waals surface area contributed by atoms with E-state index in [1.165, 1.54) is 0 Å². The van der Waals surface area contributed by atoms with Crippen LogP contribution in [0.3, 0.4) is 0 Å². The molecule has 1 aliphatic heterocycles. The fourth-order valence-electron chi connectivity index (χ4n) is 2.55. The van der Waals surface area contributed by atoms with E-state index in [9.17, 15) is 4.79 Å². The number of anilines is 1. The Bertz CT molecular complexity index is 432. The lowest BCUT2D eigenvalue weighted by molar-refractivity contribution is 0.0696. The minimum absolute atomic E-state index is 0.103. The summed E-state index contributed by atoms with van der Waals surface area (Å²) in [4.78, 5) is 16.8. The largest absolute Gasteiger partial charge is 0.335 e. The third-order valence-corrected chi connectivity index (χ3v) is 3.61. The maximum Gasteiger partial charge on any atom is 0.254 e. The van der Waals surface area contributed by atoms with E-state index < -0.39 is 0 Å². The molecule has 1 saturated heterocycles. The Kier molecular flexibility index (Phi) is 4.39. The van der Waals surface area contributed by atoms with Gasteiger partial charge in [-0.15, -0.1) is 0 Å². The summed E-state index contributed by atoms with van der Waals surface area (Å²) in [7, 11) is 2.10. The first-order valence-electron chi connectivity index (χ1n) is 6.68. The molecule has 0 aromatic heterocycles. The van der Waals surface area contributed by atoms with Crippen molar-refractivity contribution in [2.75, 3.05) is 32.1 Å². The Hall–Kier alpha value is -1.59. The number of benzene rings is 1. The van der Waals surface area contributed by atoms with Gasteiger partial charge >= 0.3 is 0 Å². The smallest absolute Gasteiger partial charge is 0.254 e. The summed E-state index contributed by atoms with van der Waals surface area (Å²) in [5.74, 6) is 5.43. The number of nitrogens with two attached hydrogens (primary N) is 1. The molecule has 2 rings (SSSR count). The second-order valence-electron chi connectivity index (χ2n) is 5.19. The van der Waals surface area contributed by atoms with Gasteiger partial charge in [-0.05, 0) is 51.2 Å². The highest BCUT2D eigenvalue weighted by Gasteiger charge is 2.24. The van der Waals surface area contributed by atoms with Gasteiger partial charge in [0.1, 0.15) is 0 Å². The molecule has 5 heteroatoms. The molecule has 1 atom stereocenters. The number of nitrogens with zero attached hydrogens (tertiary/aromatic N) is 2. The van der Waals surface area contributed by atoms with Gasteiger partial charge in [0, 0.05) is 30.4 Å². The zero-order chi connectivity index (χ0) is 13.8. The number of likely N-dealkylation sites (N-methyl/N-ethyl adjacent to an activating group) is 1. The van der Waals surface area contributed by atoms with Crippen LogP contribution in [0.2, 0.25) is 0 Å². The van der Waals surface area contributed by atoms with E-state index in [4.69, 9.17) is 5.84 Å². The number of hydrazine groups is 1. The summed E-state index contributed by atoms with van der Waals surface area (Å²) in [5.41, 5.74) is 4.09. The molecule has 1 fully saturated rings. The van der Waals surface area contributed by atoms with Gasteiger partial charge in [-0.25, -0.2) is 0 Å². The Morgan fingerprint density at radius 1 is 1.32 bits per heavy atom. The summed E-state index contributed by atoms with van der Waals surface area (Å²) in [6.45, 7) is 4.90. The van der Waals surface area contributed by atoms with Gasteiger partial charge < -0.3 is 15.2 Å². The number of hydrogen-bond donors (Lipinski definition) is 2. The van der Waals surface area contributed by atoms with E-state index in [2.05, 4.69) is 24.3 Å². The van der Waals surface area contributed by atoms with Crippen molar-refractivity contribution in [3.63, 3.8) is 0 Å². The Labute approximate surface area is 114 Å². The fraction of sp³-hybridized carbons (Fsp3) is 0.500. The maximum atomic E-state index is 12.5. The van der Waals surface area contributed by atoms with Crippen molar-refractivity contribution in [3.8, 4) is 0 Å². The topological polar surface area (TPSA) is 61.6 Å². The quantitative estimate of drug-likeness (QED) is 0.620. The number of nitrogens with one attached hydrogen (secondary N) is 1. The van der Waals surface area contributed by atoms with Gasteiger partial charge in [-0.2, -0.15) is 0 Å². The second kappa shape index (κ2) is 6.04. The molecule has 1 unspecified atom stereocenters. The standard InChI is InChI=1S/C14H22N4O/c1-11-10-17(2)8-3-9-18(11)14(19)12-4-6-13(16-15)7-5-12/h4-7,11,16H,3,8-10,15H2,1-2H3. The molecule has 0 radical (unpaired) electrons. The molecule has 5 nitrogen and oxygen atoms in total. The average molecular weight is 262 g/mol. The van der Waals surface area contributed by atoms with E-state index in [1.54, 1.807) is 0 Å². The SMILES string of the molecule is CC1CN(C)CCCN1C(=O)c1ccc(NN)cc1. The first-order valence-corrected chi connectivity index (χ1v) is 6.68. The normalized spacial score (nSPS) is 21.0. The molecular formula is C14H22N4O. The molecule has 1 amide bonds. The predicted molar refractivity (Wildman–Crippen MR) is 76.9 cm³/mol. The minimum atomic E-state index is 0.103. The molecular weight excluding hydrogens is 240 g/mol. The zero-order valence-corrected chi connectivity index (χ0v) is 11.6. The fourth-order valence-corrected chi connectivity index (χ4v) is 2.55. The Balaban J connectivity index is 2.12. The van der Waals surface area contributed by atoms with Gasteiger partial charge in [0.05, 0.1) is 0 Å². The molecule has 0 saturated carbocycles. The van der Waals surface area contributed by atoms with E-state index in [0.717, 1.165) is 37.3 Å². The van der Waals surface area contributed by atoms with Crippen LogP contribution in [-0.4, -0.2) is 48.4 Å². The molecule has 1 aromatic carbocycles. The molecule has 1 heterocycles. The highest BCUT2D eigenvalue weighted by Crippen LogP contribution is 2.15. The van der Waals surface area contributed by atoms with Crippen LogP contribution in [0, 0.1) is 0 Å². The molecule has 0 spiro atoms. The van der Waals surface area contributed by atoms with E-state index in [1.807, 2.05) is 29.2 Å². The van der Waals surface area contributed by atoms with Gasteiger partial charge in [0.15, 0.2) is 0 Å². The molecule has 19 heavy (non-hydrogen) atoms. The number of carbonyl (C=O) groups excluding carboxylic acids is 1. The number of hydrogen-bond acceptors (Lipinski definition) is 4. The van der Waals surface area contributed by atoms with Crippen molar-refractivity contribution >= 4 is 11.6 Å². The molecule has 1 aromatic rings. The first-order chi connectivity index (χ1) is 9.11. The van der Waals surface area contributed by atoms with Crippen molar-refractivity contribution in [2.24, 2.45) is 5.84 Å². The number of nitrogen functional groups attached to an aromatic ring is 1. The molecule has 1 aliphatic rings. The monoisotopic (exact) mass is 262 g/mol. The zero-order valence-electron chi connectivity index (χ0n) is 11.6. The average Bonchev–Trinajstić information content (AvgIpc) is 2.58. The van der Waals surface area contributed by atoms with Crippen molar-refractivity contribution in [2.45, 2.75) is 19.4 Å². The van der Waals surface area contributed by atoms with Crippen LogP contribution in [0.15, 0.2) is 24.3 Å². The lowest BCUT2D eigenvalue weighted by Gasteiger charge is -2.28. The molecule has 0 aliphatic carbocycles. The van der Waals surface area contributed by atoms with Crippen LogP contribution in [0.4, 0.5) is 5.69 Å². The summed E-state index contributed by atoms with van der Waals surface area (Å²) in [6.07, 6.45) is 1.02. The first kappa shape index (κ1) is 13.8. The summed E-state index contributed by atoms with van der Waals surface area (Å²) in [6, 6.07) is 7.52. The van der Waals surface area contributed by atoms with Gasteiger partial charge in [0.25, 0.3) is 5.91 Å². The molecule has 3 N–H and O–H groups in total. The van der Waals surface area contributed by atoms with Gasteiger partial charge in [0.2, 0.25) is 0 Å². The predicted octanol–water partition coefficient (Wildman–Crippen LogP) is 1.14. The highest BCUT2D eigenvalue weighted by molar-refractivity contribution is 5.94. The van der Waals surface area contributed by atoms with Gasteiger partial charge in [-0.1, -0.05) is 0 Å². The van der Waals surface area contributed by atoms with Crippen LogP contribution in [-0.2, 0) is 0 Å². The van der Waals surface area contributed by atoms with E-state index >= 15 is 0 Å². The lowest BCUT2D eigenvalue weighted by atomic mass is 10.1. The lowest BCUT2D eigenvalue weighted by Crippen LogP contribution is -2.41. The maximum absolute atomic E-state index is 12.5. The Morgan fingerprint density at radius 3 is 2.63 bits per heavy atom. The minimum Gasteiger partial charge on any atom is -0.335 e. The van der Waals surface area contributed by atoms with Crippen molar-refractivity contribution in [3.05, 3.63) is 29.8 Å². The van der Waals surface area contributed by atoms with E-state index in [0.29, 0.717) is 0 Å². The van der Waals surface area contributed by atoms with Crippen LogP contribution in [0.1, 0.15) is 23.7 Å². The molecule has 104 valence electrons. The van der Waals surface area contributed by atoms with Crippen molar-refractivity contribution in [1.82, 2.24) is 9.80 Å². The summed E-state index contributed by atoms with van der Waals surface area (Å²) < 4.78 is 0. The summed E-state index contributed by atoms with van der Waals surface area (Å²) in [5, 5.41) is 0. The summed E-state index contributed by atoms with van der Waals surface area (Å²) >= 11 is 0. The highest BCUT2D eigenvalue weighted by atomic mass is 16.2. The van der Waals surface area contributed by atoms with Crippen LogP contribution in [0.5, 0.6) is 0 Å². The number of carbonyl (C=O) groups is 1.